The maximum absolute atomic E-state index is 11.4. The van der Waals surface area contributed by atoms with Gasteiger partial charge in [-0.1, -0.05) is 11.6 Å². The average Bonchev–Trinajstić information content (AvgIpc) is 2.31. The zero-order chi connectivity index (χ0) is 9.26. The molecule has 1 N–H and O–H groups in total. The van der Waals surface area contributed by atoms with E-state index in [1.165, 1.54) is 0 Å². The van der Waals surface area contributed by atoms with Gasteiger partial charge in [-0.25, -0.2) is 0 Å². The van der Waals surface area contributed by atoms with Crippen LogP contribution in [0.15, 0.2) is 10.6 Å². The highest BCUT2D eigenvalue weighted by Gasteiger charge is 2.25. The molecule has 4 nitrogen and oxygen atoms in total. The van der Waals surface area contributed by atoms with Crippen LogP contribution in [0, 0.1) is 12.8 Å². The number of aromatic nitrogens is 1. The van der Waals surface area contributed by atoms with E-state index in [-0.39, 0.29) is 11.8 Å². The van der Waals surface area contributed by atoms with E-state index in [0.29, 0.717) is 5.88 Å². The molecule has 0 spiro atoms. The summed E-state index contributed by atoms with van der Waals surface area (Å²) in [5, 5.41) is 6.38. The highest BCUT2D eigenvalue weighted by molar-refractivity contribution is 5.91. The Labute approximate surface area is 76.3 Å². The molecule has 1 fully saturated rings. The first kappa shape index (κ1) is 8.29. The number of hydrogen-bond donors (Lipinski definition) is 1. The summed E-state index contributed by atoms with van der Waals surface area (Å²) in [7, 11) is 0. The van der Waals surface area contributed by atoms with Crippen molar-refractivity contribution < 1.29 is 9.32 Å². The van der Waals surface area contributed by atoms with Gasteiger partial charge >= 0.3 is 0 Å². The highest BCUT2D eigenvalue weighted by atomic mass is 16.5. The average molecular weight is 180 g/mol. The molecule has 0 atom stereocenters. The Morgan fingerprint density at radius 2 is 2.46 bits per heavy atom. The van der Waals surface area contributed by atoms with Crippen LogP contribution in [0.2, 0.25) is 0 Å². The van der Waals surface area contributed by atoms with Gasteiger partial charge < -0.3 is 4.52 Å². The summed E-state index contributed by atoms with van der Waals surface area (Å²) in [5.74, 6) is 0.696. The largest absolute Gasteiger partial charge is 0.338 e. The first-order chi connectivity index (χ1) is 6.25. The molecule has 0 unspecified atom stereocenters. The van der Waals surface area contributed by atoms with Crippen LogP contribution in [-0.4, -0.2) is 11.1 Å². The van der Waals surface area contributed by atoms with E-state index in [9.17, 15) is 4.79 Å². The molecule has 1 aliphatic rings. The first-order valence-electron chi connectivity index (χ1n) is 4.50. The van der Waals surface area contributed by atoms with Gasteiger partial charge in [0.05, 0.1) is 5.69 Å². The minimum absolute atomic E-state index is 0.0578. The van der Waals surface area contributed by atoms with Gasteiger partial charge in [-0.05, 0) is 19.8 Å². The molecule has 4 heteroatoms. The molecule has 0 bridgehead atoms. The van der Waals surface area contributed by atoms with Crippen LogP contribution in [0.4, 0.5) is 5.88 Å². The van der Waals surface area contributed by atoms with Gasteiger partial charge in [0, 0.05) is 12.0 Å². The van der Waals surface area contributed by atoms with E-state index in [1.807, 2.05) is 6.92 Å². The van der Waals surface area contributed by atoms with Crippen LogP contribution >= 0.6 is 0 Å². The normalized spacial score (nSPS) is 16.7. The maximum atomic E-state index is 11.4. The van der Waals surface area contributed by atoms with Crippen molar-refractivity contribution in [1.29, 1.82) is 0 Å². The smallest absolute Gasteiger partial charge is 0.231 e. The third kappa shape index (κ3) is 1.71. The summed E-state index contributed by atoms with van der Waals surface area (Å²) in [6.07, 6.45) is 3.16. The van der Waals surface area contributed by atoms with Crippen molar-refractivity contribution >= 4 is 11.8 Å². The van der Waals surface area contributed by atoms with Crippen LogP contribution < -0.4 is 5.32 Å². The Morgan fingerprint density at radius 3 is 2.92 bits per heavy atom. The Balaban J connectivity index is 1.93. The number of hydrogen-bond acceptors (Lipinski definition) is 3. The number of rotatable bonds is 2. The summed E-state index contributed by atoms with van der Waals surface area (Å²) in [4.78, 5) is 11.4. The first-order valence-corrected chi connectivity index (χ1v) is 4.50. The quantitative estimate of drug-likeness (QED) is 0.753. The highest BCUT2D eigenvalue weighted by Crippen LogP contribution is 2.27. The SMILES string of the molecule is Cc1cc(NC(=O)C2CCC2)on1. The van der Waals surface area contributed by atoms with E-state index >= 15 is 0 Å². The molecule has 70 valence electrons. The lowest BCUT2D eigenvalue weighted by Crippen LogP contribution is -2.27. The number of nitrogens with zero attached hydrogens (tertiary/aromatic N) is 1. The molecule has 1 aliphatic carbocycles. The number of anilines is 1. The molecule has 1 aromatic heterocycles. The molecule has 1 heterocycles. The zero-order valence-corrected chi connectivity index (χ0v) is 7.54. The van der Waals surface area contributed by atoms with Gasteiger partial charge in [0.2, 0.25) is 11.8 Å². The third-order valence-corrected chi connectivity index (χ3v) is 2.35. The lowest BCUT2D eigenvalue weighted by Gasteiger charge is -2.23. The van der Waals surface area contributed by atoms with Crippen LogP contribution in [0.25, 0.3) is 0 Å². The van der Waals surface area contributed by atoms with Gasteiger partial charge in [-0.3, -0.25) is 10.1 Å². The second-order valence-corrected chi connectivity index (χ2v) is 3.45. The van der Waals surface area contributed by atoms with E-state index in [0.717, 1.165) is 25.0 Å². The molecule has 0 radical (unpaired) electrons. The topological polar surface area (TPSA) is 55.1 Å². The molecule has 1 amide bonds. The fraction of sp³-hybridized carbons (Fsp3) is 0.556. The summed E-state index contributed by atoms with van der Waals surface area (Å²) in [6, 6.07) is 1.72. The van der Waals surface area contributed by atoms with Gasteiger partial charge in [-0.2, -0.15) is 0 Å². The fourth-order valence-corrected chi connectivity index (χ4v) is 1.32. The summed E-state index contributed by atoms with van der Waals surface area (Å²) >= 11 is 0. The minimum Gasteiger partial charge on any atom is -0.338 e. The van der Waals surface area contributed by atoms with Crippen LogP contribution in [0.1, 0.15) is 25.0 Å². The van der Waals surface area contributed by atoms with Crippen molar-refractivity contribution in [2.75, 3.05) is 5.32 Å². The lowest BCUT2D eigenvalue weighted by molar-refractivity contribution is -0.122. The Hall–Kier alpha value is -1.32. The molecule has 13 heavy (non-hydrogen) atoms. The number of carbonyl (C=O) groups excluding carboxylic acids is 1. The Kier molecular flexibility index (Phi) is 2.04. The van der Waals surface area contributed by atoms with Gasteiger partial charge in [0.15, 0.2) is 0 Å². The predicted molar refractivity (Wildman–Crippen MR) is 47.2 cm³/mol. The number of amides is 1. The van der Waals surface area contributed by atoms with Crippen molar-refractivity contribution in [3.05, 3.63) is 11.8 Å². The second kappa shape index (κ2) is 3.20. The molecule has 1 saturated carbocycles. The van der Waals surface area contributed by atoms with Crippen molar-refractivity contribution in [1.82, 2.24) is 5.16 Å². The Bertz CT molecular complexity index is 315. The van der Waals surface area contributed by atoms with Crippen LogP contribution in [0.3, 0.4) is 0 Å². The standard InChI is InChI=1S/C9H12N2O2/c1-6-5-8(13-11-6)10-9(12)7-3-2-4-7/h5,7H,2-4H2,1H3,(H,10,12). The van der Waals surface area contributed by atoms with Gasteiger partial charge in [0.25, 0.3) is 0 Å². The fourth-order valence-electron chi connectivity index (χ4n) is 1.32. The molecular weight excluding hydrogens is 168 g/mol. The van der Waals surface area contributed by atoms with E-state index in [4.69, 9.17) is 4.52 Å². The molecule has 0 saturated heterocycles. The van der Waals surface area contributed by atoms with Crippen molar-refractivity contribution in [2.45, 2.75) is 26.2 Å². The lowest BCUT2D eigenvalue weighted by atomic mass is 9.85. The van der Waals surface area contributed by atoms with Crippen molar-refractivity contribution in [3.8, 4) is 0 Å². The van der Waals surface area contributed by atoms with E-state index < -0.39 is 0 Å². The number of nitrogens with one attached hydrogen (secondary N) is 1. The molecule has 0 aromatic carbocycles. The van der Waals surface area contributed by atoms with Crippen LogP contribution in [0.5, 0.6) is 0 Å². The summed E-state index contributed by atoms with van der Waals surface area (Å²) < 4.78 is 4.87. The van der Waals surface area contributed by atoms with Crippen molar-refractivity contribution in [3.63, 3.8) is 0 Å². The Morgan fingerprint density at radius 1 is 1.69 bits per heavy atom. The van der Waals surface area contributed by atoms with Gasteiger partial charge in [0.1, 0.15) is 0 Å². The molecule has 0 aliphatic heterocycles. The summed E-state index contributed by atoms with van der Waals surface area (Å²) in [6.45, 7) is 1.82. The van der Waals surface area contributed by atoms with E-state index in [1.54, 1.807) is 6.07 Å². The summed E-state index contributed by atoms with van der Waals surface area (Å²) in [5.41, 5.74) is 0.781. The maximum Gasteiger partial charge on any atom is 0.231 e. The number of aryl methyl sites for hydroxylation is 1. The minimum atomic E-state index is 0.0578. The molecular formula is C9H12N2O2. The molecule has 2 rings (SSSR count). The number of carbonyl (C=O) groups is 1. The third-order valence-electron chi connectivity index (χ3n) is 2.35. The monoisotopic (exact) mass is 180 g/mol. The predicted octanol–water partition coefficient (Wildman–Crippen LogP) is 1.72. The van der Waals surface area contributed by atoms with E-state index in [2.05, 4.69) is 10.5 Å². The second-order valence-electron chi connectivity index (χ2n) is 3.45. The zero-order valence-electron chi connectivity index (χ0n) is 7.54. The van der Waals surface area contributed by atoms with Crippen LogP contribution in [-0.2, 0) is 4.79 Å². The van der Waals surface area contributed by atoms with Gasteiger partial charge in [-0.15, -0.1) is 0 Å². The molecule has 1 aromatic rings. The van der Waals surface area contributed by atoms with Crippen molar-refractivity contribution in [2.24, 2.45) is 5.92 Å².